The fraction of sp³-hybridized carbons (Fsp3) is 0.333. The molecular formula is C18H20N2O4. The van der Waals surface area contributed by atoms with E-state index in [4.69, 9.17) is 9.15 Å². The number of hydrogen-bond donors (Lipinski definition) is 2. The van der Waals surface area contributed by atoms with Crippen LogP contribution >= 0.6 is 0 Å². The van der Waals surface area contributed by atoms with Gasteiger partial charge in [-0.25, -0.2) is 0 Å². The zero-order valence-corrected chi connectivity index (χ0v) is 13.3. The van der Waals surface area contributed by atoms with Gasteiger partial charge < -0.3 is 19.8 Å². The van der Waals surface area contributed by atoms with Crippen LogP contribution in [0.3, 0.4) is 0 Å². The molecule has 1 aromatic heterocycles. The topological polar surface area (TPSA) is 80.6 Å². The summed E-state index contributed by atoms with van der Waals surface area (Å²) in [5.74, 6) is 0.300. The molecule has 126 valence electrons. The summed E-state index contributed by atoms with van der Waals surface area (Å²) in [5, 5.41) is 5.69. The Labute approximate surface area is 140 Å². The number of amides is 2. The van der Waals surface area contributed by atoms with Crippen molar-refractivity contribution in [3.05, 3.63) is 48.4 Å². The quantitative estimate of drug-likeness (QED) is 0.854. The van der Waals surface area contributed by atoms with Crippen LogP contribution in [-0.4, -0.2) is 24.5 Å². The number of furan rings is 1. The van der Waals surface area contributed by atoms with Gasteiger partial charge in [-0.1, -0.05) is 18.9 Å². The minimum atomic E-state index is -0.337. The number of benzene rings is 1. The summed E-state index contributed by atoms with van der Waals surface area (Å²) in [7, 11) is 0. The highest BCUT2D eigenvalue weighted by Gasteiger charge is 2.17. The Hall–Kier alpha value is -2.76. The molecular weight excluding hydrogens is 308 g/mol. The molecule has 24 heavy (non-hydrogen) atoms. The molecule has 0 aliphatic heterocycles. The third kappa shape index (κ3) is 4.38. The second kappa shape index (κ2) is 7.68. The predicted octanol–water partition coefficient (Wildman–Crippen LogP) is 2.97. The van der Waals surface area contributed by atoms with Crippen LogP contribution in [0.15, 0.2) is 47.1 Å². The Balaban J connectivity index is 1.51. The number of carbonyl (C=O) groups excluding carboxylic acids is 2. The molecule has 0 unspecified atom stereocenters. The number of hydrogen-bond acceptors (Lipinski definition) is 4. The van der Waals surface area contributed by atoms with E-state index in [1.165, 1.54) is 19.1 Å². The van der Waals surface area contributed by atoms with Crippen molar-refractivity contribution >= 4 is 17.5 Å². The maximum Gasteiger partial charge on any atom is 0.291 e. The van der Waals surface area contributed by atoms with E-state index in [0.717, 1.165) is 12.8 Å². The van der Waals surface area contributed by atoms with Gasteiger partial charge >= 0.3 is 0 Å². The van der Waals surface area contributed by atoms with Crippen molar-refractivity contribution in [2.24, 2.45) is 0 Å². The van der Waals surface area contributed by atoms with Crippen LogP contribution in [0.2, 0.25) is 0 Å². The Kier molecular flexibility index (Phi) is 5.15. The lowest BCUT2D eigenvalue weighted by Crippen LogP contribution is -2.36. The maximum atomic E-state index is 11.9. The van der Waals surface area contributed by atoms with Crippen molar-refractivity contribution in [1.29, 1.82) is 0 Å². The van der Waals surface area contributed by atoms with E-state index in [9.17, 15) is 9.59 Å². The first-order valence-corrected chi connectivity index (χ1v) is 8.08. The van der Waals surface area contributed by atoms with Crippen LogP contribution in [-0.2, 0) is 4.79 Å². The molecule has 0 atom stereocenters. The molecule has 1 aromatic carbocycles. The number of nitrogens with one attached hydrogen (secondary N) is 2. The molecule has 1 heterocycles. The molecule has 3 rings (SSSR count). The van der Waals surface area contributed by atoms with Crippen molar-refractivity contribution < 1.29 is 18.7 Å². The molecule has 2 aromatic rings. The van der Waals surface area contributed by atoms with Gasteiger partial charge in [-0.3, -0.25) is 9.59 Å². The highest BCUT2D eigenvalue weighted by atomic mass is 16.5. The lowest BCUT2D eigenvalue weighted by atomic mass is 10.2. The van der Waals surface area contributed by atoms with Crippen LogP contribution in [0.4, 0.5) is 5.69 Å². The molecule has 1 aliphatic carbocycles. The van der Waals surface area contributed by atoms with E-state index in [-0.39, 0.29) is 30.2 Å². The van der Waals surface area contributed by atoms with E-state index < -0.39 is 0 Å². The Morgan fingerprint density at radius 2 is 2.00 bits per heavy atom. The minimum Gasteiger partial charge on any atom is -0.484 e. The molecule has 0 spiro atoms. The first-order chi connectivity index (χ1) is 11.7. The van der Waals surface area contributed by atoms with Gasteiger partial charge in [-0.2, -0.15) is 0 Å². The Morgan fingerprint density at radius 1 is 1.17 bits per heavy atom. The summed E-state index contributed by atoms with van der Waals surface area (Å²) in [5.41, 5.74) is 0.574. The van der Waals surface area contributed by atoms with Crippen LogP contribution in [0.5, 0.6) is 5.75 Å². The van der Waals surface area contributed by atoms with Crippen molar-refractivity contribution in [1.82, 2.24) is 5.32 Å². The van der Waals surface area contributed by atoms with Gasteiger partial charge in [-0.05, 0) is 37.1 Å². The van der Waals surface area contributed by atoms with Gasteiger partial charge in [0.15, 0.2) is 12.4 Å². The maximum absolute atomic E-state index is 11.9. The molecule has 0 radical (unpaired) electrons. The van der Waals surface area contributed by atoms with Crippen molar-refractivity contribution in [2.75, 3.05) is 11.9 Å². The zero-order chi connectivity index (χ0) is 16.8. The summed E-state index contributed by atoms with van der Waals surface area (Å²) in [6.45, 7) is -0.0356. The highest BCUT2D eigenvalue weighted by molar-refractivity contribution is 6.02. The van der Waals surface area contributed by atoms with Gasteiger partial charge in [0.2, 0.25) is 0 Å². The standard InChI is InChI=1S/C18H20N2O4/c21-17(19-13-5-1-2-6-13)12-24-15-8-3-7-14(11-15)20-18(22)16-9-4-10-23-16/h3-4,7-11,13H,1-2,5-6,12H2,(H,19,21)(H,20,22). The van der Waals surface area contributed by atoms with Gasteiger partial charge in [0.25, 0.3) is 11.8 Å². The summed E-state index contributed by atoms with van der Waals surface area (Å²) >= 11 is 0. The molecule has 1 saturated carbocycles. The van der Waals surface area contributed by atoms with E-state index >= 15 is 0 Å². The molecule has 6 heteroatoms. The third-order valence-corrected chi connectivity index (χ3v) is 3.93. The average Bonchev–Trinajstić information content (AvgIpc) is 3.27. The van der Waals surface area contributed by atoms with Gasteiger partial charge in [0.1, 0.15) is 5.75 Å². The summed E-state index contributed by atoms with van der Waals surface area (Å²) in [4.78, 5) is 23.8. The number of carbonyl (C=O) groups is 2. The molecule has 1 fully saturated rings. The average molecular weight is 328 g/mol. The molecule has 1 aliphatic rings. The molecule has 2 N–H and O–H groups in total. The fourth-order valence-electron chi connectivity index (χ4n) is 2.75. The minimum absolute atomic E-state index is 0.0356. The number of rotatable bonds is 6. The smallest absolute Gasteiger partial charge is 0.291 e. The third-order valence-electron chi connectivity index (χ3n) is 3.93. The number of ether oxygens (including phenoxy) is 1. The normalized spacial score (nSPS) is 14.3. The van der Waals surface area contributed by atoms with E-state index in [1.807, 2.05) is 0 Å². The van der Waals surface area contributed by atoms with Crippen LogP contribution < -0.4 is 15.4 Å². The summed E-state index contributed by atoms with van der Waals surface area (Å²) in [6, 6.07) is 10.4. The van der Waals surface area contributed by atoms with Crippen molar-refractivity contribution in [3.63, 3.8) is 0 Å². The van der Waals surface area contributed by atoms with Gasteiger partial charge in [-0.15, -0.1) is 0 Å². The lowest BCUT2D eigenvalue weighted by Gasteiger charge is -2.13. The fourth-order valence-corrected chi connectivity index (χ4v) is 2.75. The molecule has 0 saturated heterocycles. The molecule has 6 nitrogen and oxygen atoms in total. The first-order valence-electron chi connectivity index (χ1n) is 8.08. The van der Waals surface area contributed by atoms with E-state index in [2.05, 4.69) is 10.6 Å². The van der Waals surface area contributed by atoms with Gasteiger partial charge in [0, 0.05) is 17.8 Å². The lowest BCUT2D eigenvalue weighted by molar-refractivity contribution is -0.123. The van der Waals surface area contributed by atoms with Gasteiger partial charge in [0.05, 0.1) is 6.26 Å². The first kappa shape index (κ1) is 16.1. The van der Waals surface area contributed by atoms with Crippen molar-refractivity contribution in [2.45, 2.75) is 31.7 Å². The largest absolute Gasteiger partial charge is 0.484 e. The monoisotopic (exact) mass is 328 g/mol. The second-order valence-corrected chi connectivity index (χ2v) is 5.80. The zero-order valence-electron chi connectivity index (χ0n) is 13.3. The Bertz CT molecular complexity index is 691. The van der Waals surface area contributed by atoms with Crippen LogP contribution in [0, 0.1) is 0 Å². The van der Waals surface area contributed by atoms with Crippen molar-refractivity contribution in [3.8, 4) is 5.75 Å². The SMILES string of the molecule is O=C(COc1cccc(NC(=O)c2ccco2)c1)NC1CCCC1. The molecule has 2 amide bonds. The predicted molar refractivity (Wildman–Crippen MR) is 89.0 cm³/mol. The van der Waals surface area contributed by atoms with E-state index in [0.29, 0.717) is 11.4 Å². The van der Waals surface area contributed by atoms with Crippen LogP contribution in [0.1, 0.15) is 36.2 Å². The summed E-state index contributed by atoms with van der Waals surface area (Å²) < 4.78 is 10.5. The summed E-state index contributed by atoms with van der Waals surface area (Å²) in [6.07, 6.45) is 5.86. The highest BCUT2D eigenvalue weighted by Crippen LogP contribution is 2.19. The molecule has 0 bridgehead atoms. The second-order valence-electron chi connectivity index (χ2n) is 5.80. The van der Waals surface area contributed by atoms with E-state index in [1.54, 1.807) is 36.4 Å². The number of anilines is 1. The Morgan fingerprint density at radius 3 is 2.75 bits per heavy atom. The van der Waals surface area contributed by atoms with Crippen LogP contribution in [0.25, 0.3) is 0 Å².